The van der Waals surface area contributed by atoms with Gasteiger partial charge in [0, 0.05) is 38.1 Å². The molecule has 0 fully saturated rings. The van der Waals surface area contributed by atoms with Crippen molar-refractivity contribution in [1.29, 1.82) is 0 Å². The minimum Gasteiger partial charge on any atom is -0.455 e. The lowest BCUT2D eigenvalue weighted by Crippen LogP contribution is -2.35. The third-order valence-electron chi connectivity index (χ3n) is 6.27. The average Bonchev–Trinajstić information content (AvgIpc) is 3.26. The van der Waals surface area contributed by atoms with Crippen LogP contribution in [0.2, 0.25) is 0 Å². The Morgan fingerprint density at radius 1 is 1.00 bits per heavy atom. The van der Waals surface area contributed by atoms with Crippen molar-refractivity contribution < 1.29 is 14.5 Å². The molecule has 0 aliphatic heterocycles. The Morgan fingerprint density at radius 3 is 2.43 bits per heavy atom. The average molecular weight is 464 g/mol. The molecule has 0 radical (unpaired) electrons. The second-order valence-corrected chi connectivity index (χ2v) is 10.1. The molecular formula is C32H31N2O+. The molecule has 0 aliphatic rings. The highest BCUT2D eigenvalue weighted by molar-refractivity contribution is 6.14. The fourth-order valence-electron chi connectivity index (χ4n) is 4.55. The molecule has 0 aliphatic carbocycles. The van der Waals surface area contributed by atoms with E-state index in [1.807, 2.05) is 68.6 Å². The Balaban J connectivity index is 1.94. The number of fused-ring (bicyclic) bond motifs is 3. The van der Waals surface area contributed by atoms with Crippen LogP contribution in [0, 0.1) is 25.8 Å². The fourth-order valence-corrected chi connectivity index (χ4v) is 4.55. The predicted molar refractivity (Wildman–Crippen MR) is 145 cm³/mol. The van der Waals surface area contributed by atoms with E-state index in [4.69, 9.17) is 15.1 Å². The molecule has 0 N–H and O–H groups in total. The number of hydrogen-bond acceptors (Lipinski definition) is 1. The molecule has 35 heavy (non-hydrogen) atoms. The Labute approximate surface area is 213 Å². The van der Waals surface area contributed by atoms with E-state index >= 15 is 0 Å². The van der Waals surface area contributed by atoms with Crippen LogP contribution in [-0.4, -0.2) is 0 Å². The van der Waals surface area contributed by atoms with Crippen molar-refractivity contribution in [2.45, 2.75) is 41.0 Å². The minimum atomic E-state index is -1.92. The first kappa shape index (κ1) is 18.4. The maximum Gasteiger partial charge on any atom is 0.216 e. The molecule has 0 saturated carbocycles. The van der Waals surface area contributed by atoms with Gasteiger partial charge in [0.15, 0.2) is 11.4 Å². The standard InChI is InChI=1S/C32H31N2O/c1-20-13-14-25-27-18-24(33-6)17-26(23-11-9-8-10-12-23)30(27)35-31(25)29(20)28-16-22(19-32(3,4)5)15-21(2)34(28)7/h8-18H,19H2,1-5,7H3/q+1/i15D,16D,19D2. The highest BCUT2D eigenvalue weighted by Crippen LogP contribution is 2.42. The molecule has 5 aromatic rings. The van der Waals surface area contributed by atoms with E-state index < -0.39 is 11.8 Å². The summed E-state index contributed by atoms with van der Waals surface area (Å²) >= 11 is 0. The van der Waals surface area contributed by atoms with Crippen LogP contribution in [0.15, 0.2) is 71.1 Å². The normalized spacial score (nSPS) is 13.9. The molecule has 0 bridgehead atoms. The molecule has 0 unspecified atom stereocenters. The van der Waals surface area contributed by atoms with Gasteiger partial charge in [0.1, 0.15) is 18.2 Å². The van der Waals surface area contributed by atoms with Gasteiger partial charge in [-0.1, -0.05) is 63.2 Å². The van der Waals surface area contributed by atoms with E-state index in [0.717, 1.165) is 27.5 Å². The zero-order chi connectivity index (χ0) is 28.4. The van der Waals surface area contributed by atoms with Crippen LogP contribution in [0.4, 0.5) is 5.69 Å². The molecule has 0 saturated heterocycles. The molecule has 0 atom stereocenters. The van der Waals surface area contributed by atoms with Crippen molar-refractivity contribution in [1.82, 2.24) is 0 Å². The van der Waals surface area contributed by atoms with E-state index in [-0.39, 0.29) is 17.6 Å². The van der Waals surface area contributed by atoms with Crippen LogP contribution in [0.25, 0.3) is 49.2 Å². The maximum atomic E-state index is 9.28. The van der Waals surface area contributed by atoms with Gasteiger partial charge in [-0.15, -0.1) is 0 Å². The van der Waals surface area contributed by atoms with Crippen molar-refractivity contribution in [3.05, 3.63) is 94.9 Å². The van der Waals surface area contributed by atoms with Crippen molar-refractivity contribution in [3.8, 4) is 22.4 Å². The number of hydrogen-bond donors (Lipinski definition) is 0. The third-order valence-corrected chi connectivity index (χ3v) is 6.27. The van der Waals surface area contributed by atoms with E-state index in [0.29, 0.717) is 33.8 Å². The summed E-state index contributed by atoms with van der Waals surface area (Å²) in [6.07, 6.45) is -1.92. The predicted octanol–water partition coefficient (Wildman–Crippen LogP) is 8.50. The molecule has 3 nitrogen and oxygen atoms in total. The second-order valence-electron chi connectivity index (χ2n) is 10.1. The molecular weight excluding hydrogens is 428 g/mol. The quantitative estimate of drug-likeness (QED) is 0.194. The summed E-state index contributed by atoms with van der Waals surface area (Å²) in [5.41, 5.74) is 5.37. The fraction of sp³-hybridized carbons (Fsp3) is 0.250. The number of rotatable bonds is 3. The number of nitrogens with zero attached hydrogens (tertiary/aromatic N) is 2. The molecule has 0 amide bonds. The van der Waals surface area contributed by atoms with E-state index in [1.165, 1.54) is 0 Å². The summed E-state index contributed by atoms with van der Waals surface area (Å²) in [7, 11) is 1.81. The van der Waals surface area contributed by atoms with Gasteiger partial charge < -0.3 is 4.42 Å². The molecule has 0 spiro atoms. The highest BCUT2D eigenvalue weighted by Gasteiger charge is 2.25. The van der Waals surface area contributed by atoms with Gasteiger partial charge >= 0.3 is 0 Å². The van der Waals surface area contributed by atoms with Gasteiger partial charge in [0.2, 0.25) is 5.69 Å². The Morgan fingerprint density at radius 2 is 1.74 bits per heavy atom. The lowest BCUT2D eigenvalue weighted by atomic mass is 9.87. The summed E-state index contributed by atoms with van der Waals surface area (Å²) in [6.45, 7) is 16.8. The largest absolute Gasteiger partial charge is 0.455 e. The number of pyridine rings is 1. The topological polar surface area (TPSA) is 21.4 Å². The molecule has 2 heterocycles. The molecule has 174 valence electrons. The Bertz CT molecular complexity index is 1820. The summed E-state index contributed by atoms with van der Waals surface area (Å²) in [5.74, 6) is 0. The Kier molecular flexibility index (Phi) is 4.42. The van der Waals surface area contributed by atoms with E-state index in [1.54, 1.807) is 32.3 Å². The monoisotopic (exact) mass is 463 g/mol. The van der Waals surface area contributed by atoms with Gasteiger partial charge in [-0.2, -0.15) is 4.57 Å². The maximum absolute atomic E-state index is 9.28. The van der Waals surface area contributed by atoms with Crippen molar-refractivity contribution >= 4 is 27.6 Å². The van der Waals surface area contributed by atoms with Crippen molar-refractivity contribution in [2.24, 2.45) is 12.5 Å². The zero-order valence-corrected chi connectivity index (χ0v) is 21.0. The van der Waals surface area contributed by atoms with Crippen LogP contribution in [0.1, 0.15) is 43.1 Å². The van der Waals surface area contributed by atoms with E-state index in [9.17, 15) is 1.37 Å². The zero-order valence-electron chi connectivity index (χ0n) is 25.0. The minimum absolute atomic E-state index is 0.0192. The van der Waals surface area contributed by atoms with Crippen LogP contribution >= 0.6 is 0 Å². The van der Waals surface area contributed by atoms with Gasteiger partial charge in [-0.05, 0) is 47.5 Å². The van der Waals surface area contributed by atoms with E-state index in [2.05, 4.69) is 4.85 Å². The third kappa shape index (κ3) is 4.10. The first-order valence-electron chi connectivity index (χ1n) is 13.7. The SMILES string of the molecule is [2H]c1c(C([2H])([2H])C(C)(C)C)c([2H])c(-c2c(C)ccc3c2oc2c(-c4ccccc4)cc([N+]#[C-])cc23)[n+](C)c1C. The number of benzene rings is 3. The summed E-state index contributed by atoms with van der Waals surface area (Å²) in [4.78, 5) is 3.71. The van der Waals surface area contributed by atoms with Gasteiger partial charge in [-0.25, -0.2) is 4.85 Å². The Hall–Kier alpha value is -3.90. The van der Waals surface area contributed by atoms with Gasteiger partial charge in [0.05, 0.1) is 14.9 Å². The summed E-state index contributed by atoms with van der Waals surface area (Å²) in [6, 6.07) is 17.5. The van der Waals surface area contributed by atoms with Gasteiger partial charge in [0.25, 0.3) is 0 Å². The molecule has 3 aromatic carbocycles. The number of aryl methyl sites for hydroxylation is 1. The molecule has 2 aromatic heterocycles. The van der Waals surface area contributed by atoms with Crippen molar-refractivity contribution in [3.63, 3.8) is 0 Å². The lowest BCUT2D eigenvalue weighted by molar-refractivity contribution is -0.666. The lowest BCUT2D eigenvalue weighted by Gasteiger charge is -2.18. The van der Waals surface area contributed by atoms with Crippen molar-refractivity contribution in [2.75, 3.05) is 0 Å². The first-order chi connectivity index (χ1) is 18.3. The van der Waals surface area contributed by atoms with Crippen LogP contribution in [-0.2, 0) is 13.4 Å². The second kappa shape index (κ2) is 8.40. The number of furan rings is 1. The molecule has 5 rings (SSSR count). The summed E-state index contributed by atoms with van der Waals surface area (Å²) in [5, 5.41) is 1.63. The van der Waals surface area contributed by atoms with Crippen LogP contribution in [0.3, 0.4) is 0 Å². The van der Waals surface area contributed by atoms with Crippen LogP contribution in [0.5, 0.6) is 0 Å². The van der Waals surface area contributed by atoms with Gasteiger partial charge in [-0.3, -0.25) is 0 Å². The van der Waals surface area contributed by atoms with Crippen LogP contribution < -0.4 is 4.57 Å². The highest BCUT2D eigenvalue weighted by atomic mass is 16.3. The number of aromatic nitrogens is 1. The smallest absolute Gasteiger partial charge is 0.216 e. The first-order valence-corrected chi connectivity index (χ1v) is 11.7. The molecule has 3 heteroatoms. The summed E-state index contributed by atoms with van der Waals surface area (Å²) < 4.78 is 44.5.